The second-order valence-electron chi connectivity index (χ2n) is 4.00. The Kier molecular flexibility index (Phi) is 4.30. The molecule has 0 fully saturated rings. The normalized spacial score (nSPS) is 10.3. The molecule has 2 aromatic heterocycles. The minimum Gasteiger partial charge on any atom is -0.382 e. The maximum absolute atomic E-state index is 10.7. The smallest absolute Gasteiger partial charge is 0.217 e. The molecular formula is C12H15N5OS. The van der Waals surface area contributed by atoms with Crippen molar-refractivity contribution in [2.75, 3.05) is 17.6 Å². The number of nitrogens with one attached hydrogen (secondary N) is 1. The Balaban J connectivity index is 2.08. The molecule has 0 aromatic carbocycles. The Bertz CT molecular complexity index is 555. The number of aromatic nitrogens is 2. The minimum absolute atomic E-state index is 0.292. The SMILES string of the molecule is NC(=O)CCCNc1snc(N)c1-c1ccncc1. The van der Waals surface area contributed by atoms with E-state index in [1.54, 1.807) is 12.4 Å². The summed E-state index contributed by atoms with van der Waals surface area (Å²) >= 11 is 1.31. The first-order valence-electron chi connectivity index (χ1n) is 5.86. The van der Waals surface area contributed by atoms with Crippen LogP contribution in [0.3, 0.4) is 0 Å². The highest BCUT2D eigenvalue weighted by Crippen LogP contribution is 2.36. The van der Waals surface area contributed by atoms with Gasteiger partial charge in [-0.2, -0.15) is 4.37 Å². The fourth-order valence-corrected chi connectivity index (χ4v) is 2.45. The molecule has 0 unspecified atom stereocenters. The summed E-state index contributed by atoms with van der Waals surface area (Å²) < 4.78 is 4.15. The van der Waals surface area contributed by atoms with Gasteiger partial charge in [0.05, 0.1) is 5.56 Å². The van der Waals surface area contributed by atoms with E-state index < -0.39 is 0 Å². The van der Waals surface area contributed by atoms with Crippen molar-refractivity contribution < 1.29 is 4.79 Å². The number of anilines is 2. The molecule has 0 bridgehead atoms. The first kappa shape index (κ1) is 13.3. The number of nitrogen functional groups attached to an aromatic ring is 1. The first-order chi connectivity index (χ1) is 9.18. The predicted octanol–water partition coefficient (Wildman–Crippen LogP) is 1.46. The molecule has 6 nitrogen and oxygen atoms in total. The monoisotopic (exact) mass is 277 g/mol. The Morgan fingerprint density at radius 1 is 1.37 bits per heavy atom. The Morgan fingerprint density at radius 2 is 2.11 bits per heavy atom. The van der Waals surface area contributed by atoms with Gasteiger partial charge in [0.2, 0.25) is 5.91 Å². The average molecular weight is 277 g/mol. The minimum atomic E-state index is -0.292. The standard InChI is InChI=1S/C12H15N5OS/c13-9(18)2-1-5-16-12-10(11(14)17-19-12)8-3-6-15-7-4-8/h3-4,6-7,16H,1-2,5H2,(H2,13,18)(H2,14,17). The van der Waals surface area contributed by atoms with Gasteiger partial charge in [0.25, 0.3) is 0 Å². The van der Waals surface area contributed by atoms with Crippen LogP contribution in [-0.4, -0.2) is 21.8 Å². The molecule has 0 aliphatic carbocycles. The van der Waals surface area contributed by atoms with Crippen molar-refractivity contribution in [3.8, 4) is 11.1 Å². The Hall–Kier alpha value is -2.15. The number of primary amides is 1. The first-order valence-corrected chi connectivity index (χ1v) is 6.63. The van der Waals surface area contributed by atoms with E-state index in [1.807, 2.05) is 12.1 Å². The van der Waals surface area contributed by atoms with E-state index in [0.717, 1.165) is 16.1 Å². The molecule has 100 valence electrons. The summed E-state index contributed by atoms with van der Waals surface area (Å²) in [6, 6.07) is 3.77. The lowest BCUT2D eigenvalue weighted by Gasteiger charge is -2.06. The van der Waals surface area contributed by atoms with Gasteiger partial charge in [-0.3, -0.25) is 9.78 Å². The average Bonchev–Trinajstić information content (AvgIpc) is 2.77. The highest BCUT2D eigenvalue weighted by Gasteiger charge is 2.13. The van der Waals surface area contributed by atoms with Crippen molar-refractivity contribution in [3.05, 3.63) is 24.5 Å². The van der Waals surface area contributed by atoms with Gasteiger partial charge in [0.15, 0.2) is 0 Å². The molecule has 2 rings (SSSR count). The van der Waals surface area contributed by atoms with Crippen molar-refractivity contribution in [2.45, 2.75) is 12.8 Å². The molecule has 0 saturated heterocycles. The number of nitrogens with two attached hydrogens (primary N) is 2. The Morgan fingerprint density at radius 3 is 2.79 bits per heavy atom. The molecule has 2 heterocycles. The third-order valence-corrected chi connectivity index (χ3v) is 3.39. The highest BCUT2D eigenvalue weighted by molar-refractivity contribution is 7.11. The van der Waals surface area contributed by atoms with Gasteiger partial charge in [0.1, 0.15) is 10.8 Å². The predicted molar refractivity (Wildman–Crippen MR) is 76.7 cm³/mol. The van der Waals surface area contributed by atoms with Crippen LogP contribution in [0.5, 0.6) is 0 Å². The zero-order valence-corrected chi connectivity index (χ0v) is 11.1. The van der Waals surface area contributed by atoms with Gasteiger partial charge in [-0.05, 0) is 35.6 Å². The number of hydrogen-bond acceptors (Lipinski definition) is 6. The third kappa shape index (κ3) is 3.41. The van der Waals surface area contributed by atoms with Crippen LogP contribution in [0.4, 0.5) is 10.8 Å². The molecule has 19 heavy (non-hydrogen) atoms. The number of amides is 1. The molecule has 0 atom stereocenters. The number of hydrogen-bond donors (Lipinski definition) is 3. The summed E-state index contributed by atoms with van der Waals surface area (Å²) in [7, 11) is 0. The zero-order valence-electron chi connectivity index (χ0n) is 10.3. The summed E-state index contributed by atoms with van der Waals surface area (Å²) in [6.45, 7) is 0.655. The van der Waals surface area contributed by atoms with Gasteiger partial charge in [0, 0.05) is 25.4 Å². The molecule has 0 radical (unpaired) electrons. The summed E-state index contributed by atoms with van der Waals surface area (Å²) in [5.74, 6) is 0.202. The maximum atomic E-state index is 10.7. The van der Waals surface area contributed by atoms with Crippen molar-refractivity contribution in [2.24, 2.45) is 5.73 Å². The number of rotatable bonds is 6. The van der Waals surface area contributed by atoms with E-state index in [9.17, 15) is 4.79 Å². The van der Waals surface area contributed by atoms with Gasteiger partial charge < -0.3 is 16.8 Å². The summed E-state index contributed by atoms with van der Waals surface area (Å²) in [6.07, 6.45) is 4.47. The topological polar surface area (TPSA) is 107 Å². The van der Waals surface area contributed by atoms with Crippen molar-refractivity contribution in [3.63, 3.8) is 0 Å². The highest BCUT2D eigenvalue weighted by atomic mass is 32.1. The van der Waals surface area contributed by atoms with E-state index in [0.29, 0.717) is 25.2 Å². The van der Waals surface area contributed by atoms with Crippen LogP contribution in [-0.2, 0) is 4.79 Å². The number of carbonyl (C=O) groups is 1. The van der Waals surface area contributed by atoms with Crippen LogP contribution in [0.1, 0.15) is 12.8 Å². The molecule has 0 spiro atoms. The van der Waals surface area contributed by atoms with Gasteiger partial charge in [-0.25, -0.2) is 0 Å². The number of carbonyl (C=O) groups excluding carboxylic acids is 1. The second kappa shape index (κ2) is 6.14. The maximum Gasteiger partial charge on any atom is 0.217 e. The number of pyridine rings is 1. The molecule has 0 saturated carbocycles. The summed E-state index contributed by atoms with van der Waals surface area (Å²) in [5.41, 5.74) is 12.8. The van der Waals surface area contributed by atoms with E-state index in [1.165, 1.54) is 11.5 Å². The van der Waals surface area contributed by atoms with Gasteiger partial charge in [-0.1, -0.05) is 0 Å². The van der Waals surface area contributed by atoms with Crippen LogP contribution >= 0.6 is 11.5 Å². The van der Waals surface area contributed by atoms with Crippen LogP contribution in [0, 0.1) is 0 Å². The van der Waals surface area contributed by atoms with Crippen molar-refractivity contribution in [1.82, 2.24) is 9.36 Å². The molecule has 2 aromatic rings. The largest absolute Gasteiger partial charge is 0.382 e. The van der Waals surface area contributed by atoms with Crippen molar-refractivity contribution >= 4 is 28.3 Å². The lowest BCUT2D eigenvalue weighted by molar-refractivity contribution is -0.118. The zero-order chi connectivity index (χ0) is 13.7. The van der Waals surface area contributed by atoms with Crippen LogP contribution in [0.15, 0.2) is 24.5 Å². The van der Waals surface area contributed by atoms with Gasteiger partial charge in [-0.15, -0.1) is 0 Å². The van der Waals surface area contributed by atoms with E-state index in [-0.39, 0.29) is 5.91 Å². The third-order valence-electron chi connectivity index (χ3n) is 2.57. The molecule has 7 heteroatoms. The fourth-order valence-electron chi connectivity index (χ4n) is 1.69. The molecule has 0 aliphatic heterocycles. The quantitative estimate of drug-likeness (QED) is 0.693. The fraction of sp³-hybridized carbons (Fsp3) is 0.250. The van der Waals surface area contributed by atoms with E-state index in [2.05, 4.69) is 14.7 Å². The number of nitrogens with zero attached hydrogens (tertiary/aromatic N) is 2. The molecule has 5 N–H and O–H groups in total. The molecular weight excluding hydrogens is 262 g/mol. The van der Waals surface area contributed by atoms with E-state index in [4.69, 9.17) is 11.5 Å². The molecule has 0 aliphatic rings. The lowest BCUT2D eigenvalue weighted by Crippen LogP contribution is -2.12. The Labute approximate surface area is 115 Å². The summed E-state index contributed by atoms with van der Waals surface area (Å²) in [4.78, 5) is 14.6. The van der Waals surface area contributed by atoms with Crippen LogP contribution < -0.4 is 16.8 Å². The van der Waals surface area contributed by atoms with Crippen LogP contribution in [0.2, 0.25) is 0 Å². The van der Waals surface area contributed by atoms with E-state index >= 15 is 0 Å². The van der Waals surface area contributed by atoms with Gasteiger partial charge >= 0.3 is 0 Å². The van der Waals surface area contributed by atoms with Crippen LogP contribution in [0.25, 0.3) is 11.1 Å². The van der Waals surface area contributed by atoms with Crippen molar-refractivity contribution in [1.29, 1.82) is 0 Å². The summed E-state index contributed by atoms with van der Waals surface area (Å²) in [5, 5.41) is 4.13. The lowest BCUT2D eigenvalue weighted by atomic mass is 10.1. The second-order valence-corrected chi connectivity index (χ2v) is 4.78. The molecule has 1 amide bonds.